The molecule has 3 heterocycles. The van der Waals surface area contributed by atoms with E-state index in [1.807, 2.05) is 22.8 Å². The zero-order chi connectivity index (χ0) is 18.8. The van der Waals surface area contributed by atoms with Gasteiger partial charge in [0.05, 0.1) is 20.5 Å². The van der Waals surface area contributed by atoms with Gasteiger partial charge in [-0.1, -0.05) is 0 Å². The Bertz CT molecular complexity index is 956. The molecular weight excluding hydrogens is 366 g/mol. The Morgan fingerprint density at radius 2 is 2.04 bits per heavy atom. The molecule has 142 valence electrons. The maximum atomic E-state index is 5.87. The summed E-state index contributed by atoms with van der Waals surface area (Å²) in [6, 6.07) is 5.55. The van der Waals surface area contributed by atoms with Crippen molar-refractivity contribution < 1.29 is 14.2 Å². The number of benzene rings is 1. The first-order chi connectivity index (χ1) is 13.2. The number of anilines is 2. The molecule has 0 bridgehead atoms. The molecule has 0 aliphatic carbocycles. The molecule has 1 aliphatic heterocycles. The number of thiol groups is 1. The third-order valence-electron chi connectivity index (χ3n) is 4.52. The number of imidazole rings is 1. The lowest BCUT2D eigenvalue weighted by Gasteiger charge is -2.23. The van der Waals surface area contributed by atoms with Gasteiger partial charge in [0.15, 0.2) is 33.6 Å². The number of rotatable bonds is 5. The van der Waals surface area contributed by atoms with Gasteiger partial charge in [0, 0.05) is 18.4 Å². The summed E-state index contributed by atoms with van der Waals surface area (Å²) < 4.78 is 18.5. The van der Waals surface area contributed by atoms with E-state index in [1.165, 1.54) is 0 Å². The van der Waals surface area contributed by atoms with Crippen molar-refractivity contribution in [2.45, 2.75) is 30.6 Å². The second-order valence-electron chi connectivity index (χ2n) is 6.21. The van der Waals surface area contributed by atoms with E-state index in [1.54, 1.807) is 20.5 Å². The van der Waals surface area contributed by atoms with Crippen molar-refractivity contribution in [3.63, 3.8) is 0 Å². The highest BCUT2D eigenvalue weighted by molar-refractivity contribution is 7.80. The zero-order valence-electron chi connectivity index (χ0n) is 15.2. The van der Waals surface area contributed by atoms with Crippen LogP contribution < -0.4 is 14.8 Å². The van der Waals surface area contributed by atoms with Gasteiger partial charge in [0.1, 0.15) is 6.23 Å². The van der Waals surface area contributed by atoms with E-state index in [2.05, 4.69) is 32.9 Å². The molecule has 1 saturated heterocycles. The summed E-state index contributed by atoms with van der Waals surface area (Å²) in [7, 11) is 3.20. The molecule has 0 radical (unpaired) electrons. The van der Waals surface area contributed by atoms with Gasteiger partial charge >= 0.3 is 0 Å². The van der Waals surface area contributed by atoms with Crippen LogP contribution in [0, 0.1) is 0 Å². The molecule has 1 N–H and O–H groups in total. The van der Waals surface area contributed by atoms with E-state index >= 15 is 0 Å². The molecule has 9 heteroatoms. The summed E-state index contributed by atoms with van der Waals surface area (Å²) in [5.74, 6) is 1.86. The lowest BCUT2D eigenvalue weighted by atomic mass is 10.2. The average Bonchev–Trinajstić information content (AvgIpc) is 3.12. The molecular formula is C18H21N5O3S. The van der Waals surface area contributed by atoms with Crippen LogP contribution in [0.25, 0.3) is 11.2 Å². The highest BCUT2D eigenvalue weighted by Gasteiger charge is 2.21. The van der Waals surface area contributed by atoms with Crippen LogP contribution >= 0.6 is 12.6 Å². The molecule has 0 spiro atoms. The Labute approximate surface area is 162 Å². The quantitative estimate of drug-likeness (QED) is 0.511. The monoisotopic (exact) mass is 387 g/mol. The number of nitrogens with zero attached hydrogens (tertiary/aromatic N) is 4. The van der Waals surface area contributed by atoms with Crippen molar-refractivity contribution in [3.05, 3.63) is 24.5 Å². The zero-order valence-corrected chi connectivity index (χ0v) is 16.1. The van der Waals surface area contributed by atoms with Crippen LogP contribution in [0.4, 0.5) is 11.5 Å². The molecule has 4 rings (SSSR count). The van der Waals surface area contributed by atoms with E-state index in [4.69, 9.17) is 14.2 Å². The minimum atomic E-state index is -0.0553. The van der Waals surface area contributed by atoms with Crippen LogP contribution in [0.15, 0.2) is 29.7 Å². The van der Waals surface area contributed by atoms with Crippen molar-refractivity contribution in [2.75, 3.05) is 26.1 Å². The predicted molar refractivity (Wildman–Crippen MR) is 104 cm³/mol. The fourth-order valence-corrected chi connectivity index (χ4v) is 3.39. The lowest BCUT2D eigenvalue weighted by Crippen LogP contribution is -2.17. The van der Waals surface area contributed by atoms with Crippen molar-refractivity contribution in [1.82, 2.24) is 19.5 Å². The number of hydrogen-bond donors (Lipinski definition) is 2. The van der Waals surface area contributed by atoms with Crippen LogP contribution in [-0.2, 0) is 4.74 Å². The standard InChI is InChI=1S/C18H21N5O3S/c1-24-12-7-6-11(9-13(12)25-2)20-16-15-17(22-18(27)21-16)23(10-19-15)14-5-3-4-8-26-14/h6-7,9-10,14H,3-5,8H2,1-2H3,(H2,20,21,22,27). The van der Waals surface area contributed by atoms with Gasteiger partial charge in [-0.15, -0.1) is 12.6 Å². The van der Waals surface area contributed by atoms with Crippen LogP contribution in [0.1, 0.15) is 25.5 Å². The molecule has 27 heavy (non-hydrogen) atoms. The number of ether oxygens (including phenoxy) is 3. The molecule has 3 aromatic rings. The number of aromatic nitrogens is 4. The van der Waals surface area contributed by atoms with Gasteiger partial charge in [-0.05, 0) is 31.4 Å². The molecule has 2 aromatic heterocycles. The first kappa shape index (κ1) is 17.9. The fraction of sp³-hybridized carbons (Fsp3) is 0.389. The topological polar surface area (TPSA) is 83.3 Å². The van der Waals surface area contributed by atoms with Crippen molar-refractivity contribution >= 4 is 35.3 Å². The smallest absolute Gasteiger partial charge is 0.188 e. The van der Waals surface area contributed by atoms with Crippen LogP contribution in [-0.4, -0.2) is 40.3 Å². The minimum absolute atomic E-state index is 0.0553. The van der Waals surface area contributed by atoms with Crippen molar-refractivity contribution in [1.29, 1.82) is 0 Å². The van der Waals surface area contributed by atoms with Gasteiger partial charge in [-0.3, -0.25) is 4.57 Å². The van der Waals surface area contributed by atoms with Gasteiger partial charge < -0.3 is 19.5 Å². The second-order valence-corrected chi connectivity index (χ2v) is 6.61. The molecule has 1 aliphatic rings. The summed E-state index contributed by atoms with van der Waals surface area (Å²) >= 11 is 4.36. The Morgan fingerprint density at radius 1 is 1.19 bits per heavy atom. The molecule has 1 atom stereocenters. The van der Waals surface area contributed by atoms with E-state index in [0.29, 0.717) is 33.6 Å². The van der Waals surface area contributed by atoms with Crippen LogP contribution in [0.2, 0.25) is 0 Å². The Kier molecular flexibility index (Phi) is 5.04. The van der Waals surface area contributed by atoms with E-state index < -0.39 is 0 Å². The normalized spacial score (nSPS) is 17.1. The highest BCUT2D eigenvalue weighted by Crippen LogP contribution is 2.33. The van der Waals surface area contributed by atoms with Gasteiger partial charge in [-0.25, -0.2) is 15.0 Å². The predicted octanol–water partition coefficient (Wildman–Crippen LogP) is 3.57. The third-order valence-corrected chi connectivity index (χ3v) is 4.72. The van der Waals surface area contributed by atoms with E-state index in [9.17, 15) is 0 Å². The molecule has 0 amide bonds. The van der Waals surface area contributed by atoms with Crippen LogP contribution in [0.5, 0.6) is 11.5 Å². The molecule has 0 saturated carbocycles. The maximum absolute atomic E-state index is 5.87. The molecule has 1 fully saturated rings. The van der Waals surface area contributed by atoms with Crippen LogP contribution in [0.3, 0.4) is 0 Å². The number of nitrogens with one attached hydrogen (secondary N) is 1. The van der Waals surface area contributed by atoms with Crippen molar-refractivity contribution in [2.24, 2.45) is 0 Å². The van der Waals surface area contributed by atoms with Gasteiger partial charge in [-0.2, -0.15) is 0 Å². The van der Waals surface area contributed by atoms with E-state index in [0.717, 1.165) is 31.6 Å². The summed E-state index contributed by atoms with van der Waals surface area (Å²) in [6.45, 7) is 0.750. The Morgan fingerprint density at radius 3 is 2.78 bits per heavy atom. The summed E-state index contributed by atoms with van der Waals surface area (Å²) in [5.41, 5.74) is 2.16. The molecule has 1 aromatic carbocycles. The Balaban J connectivity index is 1.71. The minimum Gasteiger partial charge on any atom is -0.493 e. The Hall–Kier alpha value is -2.52. The summed E-state index contributed by atoms with van der Waals surface area (Å²) in [5, 5.41) is 3.64. The van der Waals surface area contributed by atoms with Gasteiger partial charge in [0.25, 0.3) is 0 Å². The SMILES string of the molecule is COc1ccc(Nc2nc(S)nc3c2ncn3C2CCCCO2)cc1OC. The third kappa shape index (κ3) is 3.52. The highest BCUT2D eigenvalue weighted by atomic mass is 32.1. The summed E-state index contributed by atoms with van der Waals surface area (Å²) in [6.07, 6.45) is 4.85. The largest absolute Gasteiger partial charge is 0.493 e. The summed E-state index contributed by atoms with van der Waals surface area (Å²) in [4.78, 5) is 13.4. The molecule has 1 unspecified atom stereocenters. The lowest BCUT2D eigenvalue weighted by molar-refractivity contribution is -0.0298. The first-order valence-corrected chi connectivity index (χ1v) is 9.18. The maximum Gasteiger partial charge on any atom is 0.188 e. The first-order valence-electron chi connectivity index (χ1n) is 8.74. The number of hydrogen-bond acceptors (Lipinski definition) is 8. The number of methoxy groups -OCH3 is 2. The van der Waals surface area contributed by atoms with E-state index in [-0.39, 0.29) is 6.23 Å². The number of fused-ring (bicyclic) bond motifs is 1. The van der Waals surface area contributed by atoms with Crippen molar-refractivity contribution in [3.8, 4) is 11.5 Å². The second kappa shape index (κ2) is 7.61. The van der Waals surface area contributed by atoms with Gasteiger partial charge in [0.2, 0.25) is 0 Å². The average molecular weight is 387 g/mol. The molecule has 8 nitrogen and oxygen atoms in total. The fourth-order valence-electron chi connectivity index (χ4n) is 3.20.